The highest BCUT2D eigenvalue weighted by molar-refractivity contribution is 6.31. The molecular formula is C26H19ClF5N3O4. The Bertz CT molecular complexity index is 1480. The molecule has 7 nitrogen and oxygen atoms in total. The number of carboxylic acids is 1. The number of ether oxygens (including phenoxy) is 1. The van der Waals surface area contributed by atoms with E-state index in [1.807, 2.05) is 0 Å². The van der Waals surface area contributed by atoms with Crippen molar-refractivity contribution >= 4 is 17.6 Å². The zero-order valence-electron chi connectivity index (χ0n) is 19.8. The van der Waals surface area contributed by atoms with E-state index in [1.54, 1.807) is 12.1 Å². The van der Waals surface area contributed by atoms with Crippen molar-refractivity contribution in [2.45, 2.75) is 25.5 Å². The minimum absolute atomic E-state index is 0.00600. The Morgan fingerprint density at radius 1 is 1.05 bits per heavy atom. The van der Waals surface area contributed by atoms with Gasteiger partial charge in [0.25, 0.3) is 6.43 Å². The standard InChI is InChI=1S/C26H19ClF5N3O4/c27-19-7-6-18(24(29)30)22(23(19)28)16-5-8-21(35(38)13-16)20(9-10-39-26(31)32)34-12-17(11-33-34)14-1-3-15(4-2-14)25(36)37/h1-8,11-13,20,24,26H,9-10H2,(H,36,37)/t20-/m1/s1. The van der Waals surface area contributed by atoms with Crippen molar-refractivity contribution < 1.29 is 41.3 Å². The Labute approximate surface area is 223 Å². The minimum Gasteiger partial charge on any atom is -0.618 e. The number of aromatic nitrogens is 3. The summed E-state index contributed by atoms with van der Waals surface area (Å²) in [6, 6.07) is 9.43. The molecule has 204 valence electrons. The lowest BCUT2D eigenvalue weighted by atomic mass is 9.99. The van der Waals surface area contributed by atoms with Crippen molar-refractivity contribution in [3.05, 3.63) is 100.0 Å². The molecule has 0 radical (unpaired) electrons. The van der Waals surface area contributed by atoms with E-state index in [0.29, 0.717) is 15.9 Å². The lowest BCUT2D eigenvalue weighted by molar-refractivity contribution is -0.615. The average Bonchev–Trinajstić information content (AvgIpc) is 3.38. The number of hydrogen-bond donors (Lipinski definition) is 1. The van der Waals surface area contributed by atoms with E-state index in [-0.39, 0.29) is 23.2 Å². The maximum atomic E-state index is 14.7. The molecule has 4 rings (SSSR count). The number of pyridine rings is 1. The third kappa shape index (κ3) is 6.18. The third-order valence-corrected chi connectivity index (χ3v) is 6.25. The second-order valence-corrected chi connectivity index (χ2v) is 8.73. The Hall–Kier alpha value is -4.03. The number of benzene rings is 2. The molecule has 4 aromatic rings. The zero-order chi connectivity index (χ0) is 28.3. The summed E-state index contributed by atoms with van der Waals surface area (Å²) in [5.41, 5.74) is -0.125. The van der Waals surface area contributed by atoms with Crippen molar-refractivity contribution in [1.82, 2.24) is 9.78 Å². The van der Waals surface area contributed by atoms with E-state index < -0.39 is 53.6 Å². The molecule has 13 heteroatoms. The molecule has 2 aromatic heterocycles. The first kappa shape index (κ1) is 28.0. The van der Waals surface area contributed by atoms with E-state index >= 15 is 0 Å². The smallest absolute Gasteiger partial charge is 0.345 e. The number of carbonyl (C=O) groups is 1. The second-order valence-electron chi connectivity index (χ2n) is 8.32. The molecule has 0 aliphatic heterocycles. The topological polar surface area (TPSA) is 91.3 Å². The van der Waals surface area contributed by atoms with Gasteiger partial charge in [0.15, 0.2) is 6.20 Å². The first-order valence-electron chi connectivity index (χ1n) is 11.3. The Kier molecular flexibility index (Phi) is 8.46. The largest absolute Gasteiger partial charge is 0.618 e. The lowest BCUT2D eigenvalue weighted by Crippen LogP contribution is -2.36. The molecule has 0 aliphatic carbocycles. The van der Waals surface area contributed by atoms with Gasteiger partial charge in [-0.15, -0.1) is 0 Å². The van der Waals surface area contributed by atoms with Gasteiger partial charge in [0.05, 0.1) is 29.0 Å². The summed E-state index contributed by atoms with van der Waals surface area (Å²) < 4.78 is 73.1. The monoisotopic (exact) mass is 567 g/mol. The summed E-state index contributed by atoms with van der Waals surface area (Å²) in [4.78, 5) is 11.1. The van der Waals surface area contributed by atoms with Crippen LogP contribution >= 0.6 is 11.6 Å². The zero-order valence-corrected chi connectivity index (χ0v) is 20.5. The number of nitrogens with zero attached hydrogens (tertiary/aromatic N) is 3. The minimum atomic E-state index is -3.05. The van der Waals surface area contributed by atoms with Crippen LogP contribution in [0.1, 0.15) is 40.5 Å². The van der Waals surface area contributed by atoms with Gasteiger partial charge in [-0.25, -0.2) is 18.0 Å². The summed E-state index contributed by atoms with van der Waals surface area (Å²) in [6.45, 7) is -3.50. The maximum Gasteiger partial charge on any atom is 0.345 e. The van der Waals surface area contributed by atoms with Gasteiger partial charge >= 0.3 is 12.6 Å². The summed E-state index contributed by atoms with van der Waals surface area (Å²) >= 11 is 5.78. The fraction of sp³-hybridized carbons (Fsp3) is 0.192. The van der Waals surface area contributed by atoms with Crippen LogP contribution in [0.15, 0.2) is 67.1 Å². The highest BCUT2D eigenvalue weighted by atomic mass is 35.5. The van der Waals surface area contributed by atoms with Crippen LogP contribution in [0.25, 0.3) is 22.3 Å². The van der Waals surface area contributed by atoms with Crippen LogP contribution in [0.5, 0.6) is 0 Å². The van der Waals surface area contributed by atoms with Gasteiger partial charge in [0, 0.05) is 35.4 Å². The van der Waals surface area contributed by atoms with Crippen molar-refractivity contribution in [2.24, 2.45) is 0 Å². The van der Waals surface area contributed by atoms with Crippen LogP contribution in [0, 0.1) is 11.0 Å². The van der Waals surface area contributed by atoms with Crippen LogP contribution < -0.4 is 4.73 Å². The predicted octanol–water partition coefficient (Wildman–Crippen LogP) is 6.50. The van der Waals surface area contributed by atoms with Crippen LogP contribution in [0.3, 0.4) is 0 Å². The van der Waals surface area contributed by atoms with Gasteiger partial charge in [-0.1, -0.05) is 29.8 Å². The predicted molar refractivity (Wildman–Crippen MR) is 130 cm³/mol. The number of hydrogen-bond acceptors (Lipinski definition) is 4. The number of halogens is 6. The Balaban J connectivity index is 1.72. The van der Waals surface area contributed by atoms with Gasteiger partial charge in [0.1, 0.15) is 11.9 Å². The second kappa shape index (κ2) is 11.8. The number of rotatable bonds is 10. The molecule has 0 unspecified atom stereocenters. The number of alkyl halides is 4. The molecule has 2 aromatic carbocycles. The highest BCUT2D eigenvalue weighted by Crippen LogP contribution is 2.36. The van der Waals surface area contributed by atoms with Crippen LogP contribution in [-0.4, -0.2) is 34.1 Å². The van der Waals surface area contributed by atoms with Crippen LogP contribution in [0.2, 0.25) is 5.02 Å². The Morgan fingerprint density at radius 2 is 1.74 bits per heavy atom. The maximum absolute atomic E-state index is 14.7. The first-order chi connectivity index (χ1) is 18.6. The molecule has 0 amide bonds. The average molecular weight is 568 g/mol. The molecule has 0 spiro atoms. The molecule has 0 saturated heterocycles. The molecule has 2 heterocycles. The van der Waals surface area contributed by atoms with Crippen molar-refractivity contribution in [3.63, 3.8) is 0 Å². The van der Waals surface area contributed by atoms with E-state index in [9.17, 15) is 32.0 Å². The fourth-order valence-electron chi connectivity index (χ4n) is 4.09. The molecule has 0 aliphatic rings. The van der Waals surface area contributed by atoms with Crippen LogP contribution in [-0.2, 0) is 4.74 Å². The number of carboxylic acid groups (broad SMARTS) is 1. The SMILES string of the molecule is O=C(O)c1ccc(-c2cnn([C@H](CCOC(F)F)c3ccc(-c4c(C(F)F)ccc(Cl)c4F)c[n+]3[O-])c2)cc1. The van der Waals surface area contributed by atoms with Crippen molar-refractivity contribution in [1.29, 1.82) is 0 Å². The molecule has 0 fully saturated rings. The molecule has 0 saturated carbocycles. The summed E-state index contributed by atoms with van der Waals surface area (Å²) in [5.74, 6) is -2.21. The van der Waals surface area contributed by atoms with E-state index in [1.165, 1.54) is 41.3 Å². The highest BCUT2D eigenvalue weighted by Gasteiger charge is 2.27. The normalized spacial score (nSPS) is 12.3. The Morgan fingerprint density at radius 3 is 2.36 bits per heavy atom. The van der Waals surface area contributed by atoms with E-state index in [0.717, 1.165) is 18.3 Å². The number of aromatic carboxylic acids is 1. The van der Waals surface area contributed by atoms with Gasteiger partial charge in [-0.2, -0.15) is 18.6 Å². The molecule has 1 atom stereocenters. The molecule has 0 bridgehead atoms. The first-order valence-corrected chi connectivity index (χ1v) is 11.7. The van der Waals surface area contributed by atoms with E-state index in [4.69, 9.17) is 16.7 Å². The summed E-state index contributed by atoms with van der Waals surface area (Å²) in [7, 11) is 0. The van der Waals surface area contributed by atoms with Gasteiger partial charge in [-0.05, 0) is 29.8 Å². The lowest BCUT2D eigenvalue weighted by Gasteiger charge is -2.18. The van der Waals surface area contributed by atoms with E-state index in [2.05, 4.69) is 9.84 Å². The quantitative estimate of drug-likeness (QED) is 0.134. The van der Waals surface area contributed by atoms with Gasteiger partial charge in [0.2, 0.25) is 5.69 Å². The molecule has 1 N–H and O–H groups in total. The van der Waals surface area contributed by atoms with Gasteiger partial charge in [-0.3, -0.25) is 4.68 Å². The molecular weight excluding hydrogens is 549 g/mol. The third-order valence-electron chi connectivity index (χ3n) is 5.96. The molecule has 39 heavy (non-hydrogen) atoms. The summed E-state index contributed by atoms with van der Waals surface area (Å²) in [6.07, 6.45) is 0.696. The van der Waals surface area contributed by atoms with Gasteiger partial charge < -0.3 is 15.1 Å². The summed E-state index contributed by atoms with van der Waals surface area (Å²) in [5, 5.41) is 26.0. The van der Waals surface area contributed by atoms with Crippen molar-refractivity contribution in [2.75, 3.05) is 6.61 Å². The fourth-order valence-corrected chi connectivity index (χ4v) is 4.24. The van der Waals surface area contributed by atoms with Crippen LogP contribution in [0.4, 0.5) is 22.0 Å². The van der Waals surface area contributed by atoms with Crippen molar-refractivity contribution in [3.8, 4) is 22.3 Å².